The van der Waals surface area contributed by atoms with Crippen LogP contribution in [0.3, 0.4) is 0 Å². The maximum atomic E-state index is 11.6. The highest BCUT2D eigenvalue weighted by molar-refractivity contribution is 6.34. The fraction of sp³-hybridized carbons (Fsp3) is 0.500. The normalized spacial score (nSPS) is 16.1. The predicted molar refractivity (Wildman–Crippen MR) is 111 cm³/mol. The van der Waals surface area contributed by atoms with E-state index in [1.54, 1.807) is 12.1 Å². The van der Waals surface area contributed by atoms with Crippen LogP contribution in [-0.2, 0) is 9.53 Å². The van der Waals surface area contributed by atoms with Crippen LogP contribution in [0.4, 0.5) is 0 Å². The van der Waals surface area contributed by atoms with Crippen molar-refractivity contribution in [1.29, 1.82) is 5.26 Å². The fourth-order valence-corrected chi connectivity index (χ4v) is 3.56. The Labute approximate surface area is 180 Å². The van der Waals surface area contributed by atoms with E-state index in [2.05, 4.69) is 25.8 Å². The molecular weight excluding hydrogens is 410 g/mol. The SMILES string of the molecule is COc1cc2c(Cl)ncnc2cc1OC[C@H](CN1CCN(CC#N)CC1)OC(C)=O. The van der Waals surface area contributed by atoms with Crippen molar-refractivity contribution in [3.8, 4) is 17.6 Å². The smallest absolute Gasteiger partial charge is 0.303 e. The Morgan fingerprint density at radius 2 is 1.97 bits per heavy atom. The van der Waals surface area contributed by atoms with Crippen molar-refractivity contribution in [1.82, 2.24) is 19.8 Å². The van der Waals surface area contributed by atoms with Crippen molar-refractivity contribution in [2.75, 3.05) is 53.0 Å². The van der Waals surface area contributed by atoms with Gasteiger partial charge in [-0.05, 0) is 6.07 Å². The lowest BCUT2D eigenvalue weighted by molar-refractivity contribution is -0.149. The average Bonchev–Trinajstić information content (AvgIpc) is 2.73. The molecule has 1 aliphatic rings. The third-order valence-corrected chi connectivity index (χ3v) is 5.15. The Balaban J connectivity index is 1.67. The van der Waals surface area contributed by atoms with Crippen LogP contribution in [0.25, 0.3) is 10.9 Å². The van der Waals surface area contributed by atoms with Gasteiger partial charge in [0.2, 0.25) is 0 Å². The molecule has 1 aromatic carbocycles. The van der Waals surface area contributed by atoms with E-state index in [4.69, 9.17) is 31.1 Å². The van der Waals surface area contributed by atoms with Gasteiger partial charge in [0.05, 0.1) is 25.2 Å². The molecule has 2 aromatic rings. The number of nitrogens with zero attached hydrogens (tertiary/aromatic N) is 5. The average molecular weight is 434 g/mol. The lowest BCUT2D eigenvalue weighted by atomic mass is 10.2. The predicted octanol–water partition coefficient (Wildman–Crippen LogP) is 1.74. The summed E-state index contributed by atoms with van der Waals surface area (Å²) in [5.74, 6) is 0.610. The van der Waals surface area contributed by atoms with E-state index in [1.165, 1.54) is 20.4 Å². The number of carbonyl (C=O) groups is 1. The molecule has 0 saturated carbocycles. The van der Waals surface area contributed by atoms with Crippen molar-refractivity contribution in [3.63, 3.8) is 0 Å². The summed E-state index contributed by atoms with van der Waals surface area (Å²) in [6.07, 6.45) is 0.938. The van der Waals surface area contributed by atoms with Gasteiger partial charge in [-0.2, -0.15) is 5.26 Å². The third-order valence-electron chi connectivity index (χ3n) is 4.85. The van der Waals surface area contributed by atoms with Crippen molar-refractivity contribution in [2.45, 2.75) is 13.0 Å². The second-order valence-electron chi connectivity index (χ2n) is 6.96. The molecule has 1 aromatic heterocycles. The van der Waals surface area contributed by atoms with Crippen LogP contribution in [0.2, 0.25) is 5.15 Å². The summed E-state index contributed by atoms with van der Waals surface area (Å²) in [5.41, 5.74) is 0.628. The van der Waals surface area contributed by atoms with Crippen molar-refractivity contribution < 1.29 is 19.0 Å². The van der Waals surface area contributed by atoms with Gasteiger partial charge in [-0.1, -0.05) is 11.6 Å². The summed E-state index contributed by atoms with van der Waals surface area (Å²) in [4.78, 5) is 24.1. The number of carbonyl (C=O) groups excluding carboxylic acids is 1. The monoisotopic (exact) mass is 433 g/mol. The Kier molecular flexibility index (Phi) is 7.63. The van der Waals surface area contributed by atoms with Gasteiger partial charge in [-0.15, -0.1) is 0 Å². The first-order chi connectivity index (χ1) is 14.5. The molecule has 10 heteroatoms. The summed E-state index contributed by atoms with van der Waals surface area (Å²) >= 11 is 6.13. The first kappa shape index (κ1) is 22.0. The number of methoxy groups -OCH3 is 1. The number of fused-ring (bicyclic) bond motifs is 1. The molecule has 160 valence electrons. The minimum atomic E-state index is -0.445. The molecule has 0 radical (unpaired) electrons. The second-order valence-corrected chi connectivity index (χ2v) is 7.32. The van der Waals surface area contributed by atoms with Crippen LogP contribution in [-0.4, -0.2) is 84.8 Å². The van der Waals surface area contributed by atoms with Gasteiger partial charge in [0.15, 0.2) is 11.5 Å². The van der Waals surface area contributed by atoms with Crippen LogP contribution in [0, 0.1) is 11.3 Å². The summed E-state index contributed by atoms with van der Waals surface area (Å²) in [7, 11) is 1.54. The second kappa shape index (κ2) is 10.4. The maximum Gasteiger partial charge on any atom is 0.303 e. The number of hydrogen-bond donors (Lipinski definition) is 0. The van der Waals surface area contributed by atoms with E-state index in [0.29, 0.717) is 40.6 Å². The molecule has 1 saturated heterocycles. The highest BCUT2D eigenvalue weighted by Crippen LogP contribution is 2.33. The lowest BCUT2D eigenvalue weighted by Crippen LogP contribution is -2.49. The maximum absolute atomic E-state index is 11.6. The van der Waals surface area contributed by atoms with E-state index >= 15 is 0 Å². The standard InChI is InChI=1S/C20H24ClN5O4/c1-14(27)30-15(11-26-7-5-25(4-3-22)6-8-26)12-29-19-10-17-16(9-18(19)28-2)20(21)24-13-23-17/h9-10,13,15H,4-8,11-12H2,1-2H3/t15-/m0/s1. The lowest BCUT2D eigenvalue weighted by Gasteiger charge is -2.35. The zero-order chi connectivity index (χ0) is 21.5. The Morgan fingerprint density at radius 1 is 1.23 bits per heavy atom. The largest absolute Gasteiger partial charge is 0.493 e. The van der Waals surface area contributed by atoms with Crippen LogP contribution in [0.1, 0.15) is 6.92 Å². The van der Waals surface area contributed by atoms with Gasteiger partial charge in [0, 0.05) is 51.1 Å². The van der Waals surface area contributed by atoms with Crippen LogP contribution in [0.15, 0.2) is 18.5 Å². The first-order valence-electron chi connectivity index (χ1n) is 9.60. The molecule has 0 unspecified atom stereocenters. The van der Waals surface area contributed by atoms with E-state index in [1.807, 2.05) is 0 Å². The molecule has 3 rings (SSSR count). The molecule has 2 heterocycles. The fourth-order valence-electron chi connectivity index (χ4n) is 3.36. The number of hydrogen-bond acceptors (Lipinski definition) is 9. The number of esters is 1. The number of piperazine rings is 1. The van der Waals surface area contributed by atoms with Gasteiger partial charge in [0.25, 0.3) is 0 Å². The Bertz CT molecular complexity index is 927. The molecule has 1 fully saturated rings. The van der Waals surface area contributed by atoms with Gasteiger partial charge in [0.1, 0.15) is 24.2 Å². The van der Waals surface area contributed by atoms with E-state index in [0.717, 1.165) is 26.2 Å². The number of aromatic nitrogens is 2. The molecule has 1 aliphatic heterocycles. The highest BCUT2D eigenvalue weighted by Gasteiger charge is 2.23. The highest BCUT2D eigenvalue weighted by atomic mass is 35.5. The van der Waals surface area contributed by atoms with Crippen LogP contribution >= 0.6 is 11.6 Å². The van der Waals surface area contributed by atoms with Crippen molar-refractivity contribution in [2.24, 2.45) is 0 Å². The molecule has 0 amide bonds. The van der Waals surface area contributed by atoms with E-state index in [-0.39, 0.29) is 12.6 Å². The zero-order valence-electron chi connectivity index (χ0n) is 17.0. The Morgan fingerprint density at radius 3 is 2.63 bits per heavy atom. The number of ether oxygens (including phenoxy) is 3. The van der Waals surface area contributed by atoms with Crippen molar-refractivity contribution in [3.05, 3.63) is 23.6 Å². The molecule has 1 atom stereocenters. The molecule has 9 nitrogen and oxygen atoms in total. The van der Waals surface area contributed by atoms with Crippen LogP contribution in [0.5, 0.6) is 11.5 Å². The molecule has 30 heavy (non-hydrogen) atoms. The van der Waals surface area contributed by atoms with E-state index in [9.17, 15) is 4.79 Å². The quantitative estimate of drug-likeness (QED) is 0.350. The van der Waals surface area contributed by atoms with Crippen LogP contribution < -0.4 is 9.47 Å². The zero-order valence-corrected chi connectivity index (χ0v) is 17.8. The van der Waals surface area contributed by atoms with E-state index < -0.39 is 6.10 Å². The summed E-state index contributed by atoms with van der Waals surface area (Å²) in [6.45, 7) is 5.73. The molecular formula is C20H24ClN5O4. The van der Waals surface area contributed by atoms with Gasteiger partial charge >= 0.3 is 5.97 Å². The summed E-state index contributed by atoms with van der Waals surface area (Å²) in [6, 6.07) is 5.63. The van der Waals surface area contributed by atoms with Gasteiger partial charge in [-0.3, -0.25) is 14.6 Å². The van der Waals surface area contributed by atoms with Crippen molar-refractivity contribution >= 4 is 28.5 Å². The molecule has 0 bridgehead atoms. The number of nitriles is 1. The molecule has 0 spiro atoms. The molecule has 0 aliphatic carbocycles. The third kappa shape index (κ3) is 5.69. The van der Waals surface area contributed by atoms with Gasteiger partial charge < -0.3 is 14.2 Å². The Hall–Kier alpha value is -2.67. The number of benzene rings is 1. The first-order valence-corrected chi connectivity index (χ1v) is 9.98. The number of halogens is 1. The minimum absolute atomic E-state index is 0.165. The molecule has 0 N–H and O–H groups in total. The minimum Gasteiger partial charge on any atom is -0.493 e. The summed E-state index contributed by atoms with van der Waals surface area (Å²) < 4.78 is 16.8. The topological polar surface area (TPSA) is 101 Å². The van der Waals surface area contributed by atoms with Gasteiger partial charge in [-0.25, -0.2) is 9.97 Å². The summed E-state index contributed by atoms with van der Waals surface area (Å²) in [5, 5.41) is 9.82. The number of rotatable bonds is 8.